The highest BCUT2D eigenvalue weighted by Gasteiger charge is 2.11. The van der Waals surface area contributed by atoms with Gasteiger partial charge in [0.15, 0.2) is 0 Å². The Kier molecular flexibility index (Phi) is 5.33. The van der Waals surface area contributed by atoms with Gasteiger partial charge in [0, 0.05) is 12.1 Å². The Bertz CT molecular complexity index is 620. The third kappa shape index (κ3) is 3.82. The molecule has 2 N–H and O–H groups in total. The first-order valence-electron chi connectivity index (χ1n) is 6.74. The van der Waals surface area contributed by atoms with Gasteiger partial charge in [0.2, 0.25) is 0 Å². The lowest BCUT2D eigenvalue weighted by Gasteiger charge is -2.18. The molecule has 0 fully saturated rings. The van der Waals surface area contributed by atoms with Gasteiger partial charge in [-0.1, -0.05) is 30.3 Å². The summed E-state index contributed by atoms with van der Waals surface area (Å²) in [7, 11) is 1.60. The summed E-state index contributed by atoms with van der Waals surface area (Å²) in [6, 6.07) is 17.0. The van der Waals surface area contributed by atoms with Crippen LogP contribution in [-0.4, -0.2) is 18.8 Å². The van der Waals surface area contributed by atoms with Gasteiger partial charge in [0.25, 0.3) is 0 Å². The second-order valence-corrected chi connectivity index (χ2v) is 4.67. The maximum Gasteiger partial charge on any atom is 0.123 e. The number of ether oxygens (including phenoxy) is 1. The largest absolute Gasteiger partial charge is 0.496 e. The van der Waals surface area contributed by atoms with Crippen LogP contribution in [0, 0.1) is 11.3 Å². The minimum atomic E-state index is -0.151. The molecule has 0 radical (unpaired) electrons. The summed E-state index contributed by atoms with van der Waals surface area (Å²) in [5.74, 6) is 0.728. The van der Waals surface area contributed by atoms with Gasteiger partial charge in [-0.2, -0.15) is 5.26 Å². The van der Waals surface area contributed by atoms with Crippen molar-refractivity contribution in [1.82, 2.24) is 5.32 Å². The third-order valence-corrected chi connectivity index (χ3v) is 3.33. The molecule has 2 aromatic carbocycles. The quantitative estimate of drug-likeness (QED) is 0.854. The predicted octanol–water partition coefficient (Wildman–Crippen LogP) is 2.39. The van der Waals surface area contributed by atoms with E-state index < -0.39 is 0 Å². The average molecular weight is 282 g/mol. The maximum absolute atomic E-state index is 9.54. The Labute approximate surface area is 124 Å². The van der Waals surface area contributed by atoms with Gasteiger partial charge >= 0.3 is 0 Å². The van der Waals surface area contributed by atoms with Crippen LogP contribution in [-0.2, 0) is 6.54 Å². The van der Waals surface area contributed by atoms with E-state index in [2.05, 4.69) is 11.4 Å². The number of aliphatic hydroxyl groups is 1. The van der Waals surface area contributed by atoms with E-state index in [1.807, 2.05) is 30.3 Å². The van der Waals surface area contributed by atoms with Crippen molar-refractivity contribution < 1.29 is 9.84 Å². The van der Waals surface area contributed by atoms with Crippen LogP contribution in [0.25, 0.3) is 0 Å². The zero-order chi connectivity index (χ0) is 15.1. The summed E-state index contributed by atoms with van der Waals surface area (Å²) >= 11 is 0. The van der Waals surface area contributed by atoms with Gasteiger partial charge in [0.1, 0.15) is 5.75 Å². The second kappa shape index (κ2) is 7.44. The minimum absolute atomic E-state index is 0.00424. The standard InChI is InChI=1S/C17H18N2O2/c1-21-17-8-7-13(10-18)9-15(17)11-19-16(12-20)14-5-3-2-4-6-14/h2-9,16,19-20H,11-12H2,1H3. The molecule has 0 amide bonds. The SMILES string of the molecule is COc1ccc(C#N)cc1CNC(CO)c1ccccc1. The molecule has 4 nitrogen and oxygen atoms in total. The van der Waals surface area contributed by atoms with E-state index in [9.17, 15) is 5.11 Å². The van der Waals surface area contributed by atoms with Crippen molar-refractivity contribution >= 4 is 0 Å². The third-order valence-electron chi connectivity index (χ3n) is 3.33. The topological polar surface area (TPSA) is 65.3 Å². The summed E-state index contributed by atoms with van der Waals surface area (Å²) in [5, 5.41) is 21.8. The molecule has 0 spiro atoms. The number of hydrogen-bond acceptors (Lipinski definition) is 4. The van der Waals surface area contributed by atoms with E-state index in [-0.39, 0.29) is 12.6 Å². The van der Waals surface area contributed by atoms with Gasteiger partial charge < -0.3 is 15.2 Å². The lowest BCUT2D eigenvalue weighted by molar-refractivity contribution is 0.243. The van der Waals surface area contributed by atoms with Crippen LogP contribution < -0.4 is 10.1 Å². The van der Waals surface area contributed by atoms with Crippen molar-refractivity contribution in [3.8, 4) is 11.8 Å². The number of nitrogens with one attached hydrogen (secondary N) is 1. The van der Waals surface area contributed by atoms with Gasteiger partial charge in [-0.05, 0) is 23.8 Å². The first-order chi connectivity index (χ1) is 10.3. The number of aliphatic hydroxyl groups excluding tert-OH is 1. The first-order valence-corrected chi connectivity index (χ1v) is 6.74. The number of nitriles is 1. The number of methoxy groups -OCH3 is 1. The molecule has 108 valence electrons. The van der Waals surface area contributed by atoms with Gasteiger partial charge in [-0.15, -0.1) is 0 Å². The molecule has 0 bridgehead atoms. The average Bonchev–Trinajstić information content (AvgIpc) is 2.56. The van der Waals surface area contributed by atoms with Crippen molar-refractivity contribution in [2.24, 2.45) is 0 Å². The number of nitrogens with zero attached hydrogens (tertiary/aromatic N) is 1. The van der Waals surface area contributed by atoms with Crippen molar-refractivity contribution in [2.75, 3.05) is 13.7 Å². The fourth-order valence-corrected chi connectivity index (χ4v) is 2.19. The maximum atomic E-state index is 9.54. The molecule has 0 aliphatic carbocycles. The second-order valence-electron chi connectivity index (χ2n) is 4.67. The fourth-order valence-electron chi connectivity index (χ4n) is 2.19. The molecule has 4 heteroatoms. The monoisotopic (exact) mass is 282 g/mol. The molecular formula is C17H18N2O2. The summed E-state index contributed by atoms with van der Waals surface area (Å²) in [5.41, 5.74) is 2.51. The Hall–Kier alpha value is -2.35. The van der Waals surface area contributed by atoms with E-state index in [0.29, 0.717) is 12.1 Å². The lowest BCUT2D eigenvalue weighted by atomic mass is 10.1. The molecule has 21 heavy (non-hydrogen) atoms. The zero-order valence-corrected chi connectivity index (χ0v) is 11.9. The highest BCUT2D eigenvalue weighted by atomic mass is 16.5. The van der Waals surface area contributed by atoms with Crippen LogP contribution in [0.2, 0.25) is 0 Å². The van der Waals surface area contributed by atoms with E-state index in [1.54, 1.807) is 25.3 Å². The smallest absolute Gasteiger partial charge is 0.123 e. The van der Waals surface area contributed by atoms with Gasteiger partial charge in [-0.25, -0.2) is 0 Å². The van der Waals surface area contributed by atoms with E-state index in [4.69, 9.17) is 10.00 Å². The van der Waals surface area contributed by atoms with Gasteiger partial charge in [-0.3, -0.25) is 0 Å². The molecule has 1 atom stereocenters. The molecule has 0 aliphatic rings. The van der Waals surface area contributed by atoms with Gasteiger partial charge in [0.05, 0.1) is 31.4 Å². The Balaban J connectivity index is 2.13. The summed E-state index contributed by atoms with van der Waals surface area (Å²) in [6.45, 7) is 0.517. The van der Waals surface area contributed by atoms with E-state index in [0.717, 1.165) is 16.9 Å². The Morgan fingerprint density at radius 3 is 2.62 bits per heavy atom. The summed E-state index contributed by atoms with van der Waals surface area (Å²) in [6.07, 6.45) is 0. The molecule has 0 heterocycles. The first kappa shape index (κ1) is 15.0. The number of hydrogen-bond donors (Lipinski definition) is 2. The van der Waals surface area contributed by atoms with Crippen molar-refractivity contribution in [3.05, 3.63) is 65.2 Å². The van der Waals surface area contributed by atoms with Crippen LogP contribution in [0.3, 0.4) is 0 Å². The van der Waals surface area contributed by atoms with Crippen LogP contribution >= 0.6 is 0 Å². The predicted molar refractivity (Wildman–Crippen MR) is 80.8 cm³/mol. The van der Waals surface area contributed by atoms with E-state index in [1.165, 1.54) is 0 Å². The van der Waals surface area contributed by atoms with Crippen LogP contribution in [0.1, 0.15) is 22.7 Å². The van der Waals surface area contributed by atoms with Crippen LogP contribution in [0.15, 0.2) is 48.5 Å². The van der Waals surface area contributed by atoms with E-state index >= 15 is 0 Å². The molecule has 2 aromatic rings. The Morgan fingerprint density at radius 2 is 2.00 bits per heavy atom. The lowest BCUT2D eigenvalue weighted by Crippen LogP contribution is -2.24. The van der Waals surface area contributed by atoms with Crippen molar-refractivity contribution in [3.63, 3.8) is 0 Å². The molecule has 2 rings (SSSR count). The van der Waals surface area contributed by atoms with Crippen LogP contribution in [0.4, 0.5) is 0 Å². The minimum Gasteiger partial charge on any atom is -0.496 e. The molecule has 0 saturated carbocycles. The molecule has 0 saturated heterocycles. The molecule has 0 aliphatic heterocycles. The van der Waals surface area contributed by atoms with Crippen molar-refractivity contribution in [1.29, 1.82) is 5.26 Å². The molecular weight excluding hydrogens is 264 g/mol. The highest BCUT2D eigenvalue weighted by molar-refractivity contribution is 5.42. The Morgan fingerprint density at radius 1 is 1.24 bits per heavy atom. The highest BCUT2D eigenvalue weighted by Crippen LogP contribution is 2.21. The van der Waals surface area contributed by atoms with Crippen LogP contribution in [0.5, 0.6) is 5.75 Å². The number of benzene rings is 2. The summed E-state index contributed by atoms with van der Waals surface area (Å²) in [4.78, 5) is 0. The van der Waals surface area contributed by atoms with Crippen molar-refractivity contribution in [2.45, 2.75) is 12.6 Å². The normalized spacial score (nSPS) is 11.7. The fraction of sp³-hybridized carbons (Fsp3) is 0.235. The zero-order valence-electron chi connectivity index (χ0n) is 11.9. The number of rotatable bonds is 6. The summed E-state index contributed by atoms with van der Waals surface area (Å²) < 4.78 is 5.30. The molecule has 1 unspecified atom stereocenters. The molecule has 0 aromatic heterocycles.